The van der Waals surface area contributed by atoms with Gasteiger partial charge in [-0.15, -0.1) is 0 Å². The van der Waals surface area contributed by atoms with Gasteiger partial charge in [-0.25, -0.2) is 0 Å². The van der Waals surface area contributed by atoms with E-state index in [1.807, 2.05) is 25.1 Å². The molecule has 0 saturated heterocycles. The van der Waals surface area contributed by atoms with E-state index in [9.17, 15) is 9.90 Å². The van der Waals surface area contributed by atoms with Crippen molar-refractivity contribution in [1.29, 1.82) is 0 Å². The van der Waals surface area contributed by atoms with Gasteiger partial charge in [-0.3, -0.25) is 4.79 Å². The van der Waals surface area contributed by atoms with E-state index in [-0.39, 0.29) is 28.3 Å². The third-order valence-corrected chi connectivity index (χ3v) is 3.22. The zero-order chi connectivity index (χ0) is 14.7. The maximum Gasteiger partial charge on any atom is 0.257 e. The minimum Gasteiger partial charge on any atom is -0.508 e. The van der Waals surface area contributed by atoms with Gasteiger partial charge < -0.3 is 16.2 Å². The molecular formula is C15H15ClN2O2. The van der Waals surface area contributed by atoms with Crippen LogP contribution in [0.15, 0.2) is 42.5 Å². The van der Waals surface area contributed by atoms with E-state index in [4.69, 9.17) is 17.3 Å². The molecule has 0 aliphatic heterocycles. The number of amides is 1. The highest BCUT2D eigenvalue weighted by Crippen LogP contribution is 2.25. The molecule has 4 N–H and O–H groups in total. The lowest BCUT2D eigenvalue weighted by molar-refractivity contribution is 0.102. The van der Waals surface area contributed by atoms with Crippen molar-refractivity contribution in [2.75, 3.05) is 5.32 Å². The lowest BCUT2D eigenvalue weighted by Crippen LogP contribution is -2.16. The fourth-order valence-corrected chi connectivity index (χ4v) is 2.09. The van der Waals surface area contributed by atoms with Crippen molar-refractivity contribution in [2.24, 2.45) is 5.73 Å². The minimum atomic E-state index is -0.390. The number of hydrogen-bond acceptors (Lipinski definition) is 3. The van der Waals surface area contributed by atoms with Crippen LogP contribution in [0.25, 0.3) is 0 Å². The predicted octanol–water partition coefficient (Wildman–Crippen LogP) is 3.32. The highest BCUT2D eigenvalue weighted by molar-refractivity contribution is 6.34. The minimum absolute atomic E-state index is 0.0139. The summed E-state index contributed by atoms with van der Waals surface area (Å²) >= 11 is 5.96. The molecule has 0 spiro atoms. The van der Waals surface area contributed by atoms with Gasteiger partial charge in [-0.2, -0.15) is 0 Å². The quantitative estimate of drug-likeness (QED) is 0.812. The third-order valence-electron chi connectivity index (χ3n) is 2.89. The second kappa shape index (κ2) is 5.94. The number of phenolic OH excluding ortho intramolecular Hbond substituents is 1. The van der Waals surface area contributed by atoms with Gasteiger partial charge in [0.25, 0.3) is 5.91 Å². The topological polar surface area (TPSA) is 75.3 Å². The Balaban J connectivity index is 2.31. The number of benzene rings is 2. The molecule has 0 heterocycles. The average Bonchev–Trinajstić information content (AvgIpc) is 2.41. The van der Waals surface area contributed by atoms with Crippen LogP contribution in [0.3, 0.4) is 0 Å². The van der Waals surface area contributed by atoms with Crippen LogP contribution in [0.1, 0.15) is 28.9 Å². The maximum atomic E-state index is 12.2. The Hall–Kier alpha value is -2.04. The van der Waals surface area contributed by atoms with Gasteiger partial charge in [-0.05, 0) is 36.8 Å². The Morgan fingerprint density at radius 1 is 1.30 bits per heavy atom. The Kier molecular flexibility index (Phi) is 4.27. The molecule has 0 aliphatic carbocycles. The summed E-state index contributed by atoms with van der Waals surface area (Å²) in [5, 5.41) is 12.5. The summed E-state index contributed by atoms with van der Waals surface area (Å²) in [6, 6.07) is 11.3. The van der Waals surface area contributed by atoms with Crippen LogP contribution in [-0.4, -0.2) is 11.0 Å². The molecule has 0 saturated carbocycles. The second-order valence-electron chi connectivity index (χ2n) is 4.49. The number of carbonyl (C=O) groups excluding carboxylic acids is 1. The summed E-state index contributed by atoms with van der Waals surface area (Å²) in [5.41, 5.74) is 7.54. The number of hydrogen-bond donors (Lipinski definition) is 3. The van der Waals surface area contributed by atoms with E-state index < -0.39 is 0 Å². The molecule has 5 heteroatoms. The molecule has 0 aliphatic rings. The first kappa shape index (κ1) is 14.4. The molecule has 0 fully saturated rings. The van der Waals surface area contributed by atoms with Crippen molar-refractivity contribution >= 4 is 23.2 Å². The fraction of sp³-hybridized carbons (Fsp3) is 0.133. The highest BCUT2D eigenvalue weighted by Gasteiger charge is 2.14. The van der Waals surface area contributed by atoms with E-state index in [0.29, 0.717) is 5.69 Å². The second-order valence-corrected chi connectivity index (χ2v) is 4.90. The first-order chi connectivity index (χ1) is 9.49. The van der Waals surface area contributed by atoms with Crippen LogP contribution >= 0.6 is 11.6 Å². The number of phenols is 1. The van der Waals surface area contributed by atoms with Crippen LogP contribution in [-0.2, 0) is 0 Å². The molecule has 2 rings (SSSR count). The number of halogens is 1. The summed E-state index contributed by atoms with van der Waals surface area (Å²) in [5.74, 6) is -0.404. The van der Waals surface area contributed by atoms with Crippen molar-refractivity contribution in [2.45, 2.75) is 13.0 Å². The van der Waals surface area contributed by atoms with Gasteiger partial charge in [-0.1, -0.05) is 29.8 Å². The summed E-state index contributed by atoms with van der Waals surface area (Å²) < 4.78 is 0. The number of nitrogens with two attached hydrogens (primary N) is 1. The Labute approximate surface area is 122 Å². The van der Waals surface area contributed by atoms with E-state index in [2.05, 4.69) is 5.32 Å². The molecular weight excluding hydrogens is 276 g/mol. The molecule has 0 bridgehead atoms. The molecule has 2 aromatic rings. The van der Waals surface area contributed by atoms with Gasteiger partial charge >= 0.3 is 0 Å². The first-order valence-corrected chi connectivity index (χ1v) is 6.51. The number of anilines is 1. The van der Waals surface area contributed by atoms with Gasteiger partial charge in [0, 0.05) is 11.7 Å². The van der Waals surface area contributed by atoms with Gasteiger partial charge in [0.1, 0.15) is 5.75 Å². The standard InChI is InChI=1S/C15H15ClN2O2/c1-9(17)11-4-2-3-5-14(11)18-15(20)12-8-10(19)6-7-13(12)16/h2-9,19H,17H2,1H3,(H,18,20). The Morgan fingerprint density at radius 2 is 2.00 bits per heavy atom. The van der Waals surface area contributed by atoms with Crippen molar-refractivity contribution < 1.29 is 9.90 Å². The lowest BCUT2D eigenvalue weighted by Gasteiger charge is -2.14. The zero-order valence-electron chi connectivity index (χ0n) is 10.9. The molecule has 2 aromatic carbocycles. The SMILES string of the molecule is CC(N)c1ccccc1NC(=O)c1cc(O)ccc1Cl. The third kappa shape index (κ3) is 3.10. The summed E-state index contributed by atoms with van der Waals surface area (Å²) in [6.45, 7) is 1.84. The first-order valence-electron chi connectivity index (χ1n) is 6.13. The van der Waals surface area contributed by atoms with E-state index in [0.717, 1.165) is 5.56 Å². The smallest absolute Gasteiger partial charge is 0.257 e. The largest absolute Gasteiger partial charge is 0.508 e. The maximum absolute atomic E-state index is 12.2. The molecule has 1 atom stereocenters. The normalized spacial score (nSPS) is 11.9. The van der Waals surface area contributed by atoms with Crippen molar-refractivity contribution in [3.05, 3.63) is 58.6 Å². The summed E-state index contributed by atoms with van der Waals surface area (Å²) in [4.78, 5) is 12.2. The summed E-state index contributed by atoms with van der Waals surface area (Å²) in [7, 11) is 0. The van der Waals surface area contributed by atoms with Crippen LogP contribution in [0.5, 0.6) is 5.75 Å². The van der Waals surface area contributed by atoms with Gasteiger partial charge in [0.2, 0.25) is 0 Å². The Morgan fingerprint density at radius 3 is 2.70 bits per heavy atom. The number of carbonyl (C=O) groups is 1. The number of para-hydroxylation sites is 1. The van der Waals surface area contributed by atoms with Crippen LogP contribution < -0.4 is 11.1 Å². The van der Waals surface area contributed by atoms with E-state index in [1.54, 1.807) is 6.07 Å². The van der Waals surface area contributed by atoms with Gasteiger partial charge in [0.05, 0.1) is 10.6 Å². The van der Waals surface area contributed by atoms with Crippen molar-refractivity contribution in [3.8, 4) is 5.75 Å². The number of nitrogens with one attached hydrogen (secondary N) is 1. The van der Waals surface area contributed by atoms with Crippen LogP contribution in [0, 0.1) is 0 Å². The highest BCUT2D eigenvalue weighted by atomic mass is 35.5. The Bertz CT molecular complexity index is 642. The fourth-order valence-electron chi connectivity index (χ4n) is 1.88. The molecule has 104 valence electrons. The van der Waals surface area contributed by atoms with Crippen molar-refractivity contribution in [3.63, 3.8) is 0 Å². The zero-order valence-corrected chi connectivity index (χ0v) is 11.7. The predicted molar refractivity (Wildman–Crippen MR) is 80.1 cm³/mol. The molecule has 0 aromatic heterocycles. The number of rotatable bonds is 3. The number of aromatic hydroxyl groups is 1. The van der Waals surface area contributed by atoms with Crippen LogP contribution in [0.2, 0.25) is 5.02 Å². The summed E-state index contributed by atoms with van der Waals surface area (Å²) in [6.07, 6.45) is 0. The molecule has 4 nitrogen and oxygen atoms in total. The monoisotopic (exact) mass is 290 g/mol. The van der Waals surface area contributed by atoms with Crippen molar-refractivity contribution in [1.82, 2.24) is 0 Å². The van der Waals surface area contributed by atoms with E-state index in [1.165, 1.54) is 18.2 Å². The lowest BCUT2D eigenvalue weighted by atomic mass is 10.1. The van der Waals surface area contributed by atoms with Gasteiger partial charge in [0.15, 0.2) is 0 Å². The molecule has 1 unspecified atom stereocenters. The molecule has 0 radical (unpaired) electrons. The van der Waals surface area contributed by atoms with E-state index >= 15 is 0 Å². The molecule has 20 heavy (non-hydrogen) atoms. The average molecular weight is 291 g/mol. The molecule has 1 amide bonds. The van der Waals surface area contributed by atoms with Crippen LogP contribution in [0.4, 0.5) is 5.69 Å².